The van der Waals surface area contributed by atoms with Crippen LogP contribution in [-0.2, 0) is 21.3 Å². The van der Waals surface area contributed by atoms with E-state index in [4.69, 9.17) is 4.74 Å². The Kier molecular flexibility index (Phi) is 6.72. The van der Waals surface area contributed by atoms with Gasteiger partial charge in [-0.2, -0.15) is 4.31 Å². The SMILES string of the molecule is CCN(Cc1cccc(S(=O)(=O)N2CCOCC2)c1)[C@H](C)c1cccc(O)c1. The molecule has 2 aromatic rings. The number of morpholine rings is 1. The minimum atomic E-state index is -3.50. The van der Waals surface area contributed by atoms with Gasteiger partial charge in [0.25, 0.3) is 0 Å². The lowest BCUT2D eigenvalue weighted by molar-refractivity contribution is 0.0730. The van der Waals surface area contributed by atoms with Gasteiger partial charge in [0.05, 0.1) is 18.1 Å². The molecule has 0 spiro atoms. The van der Waals surface area contributed by atoms with Gasteiger partial charge in [-0.25, -0.2) is 8.42 Å². The number of sulfonamides is 1. The lowest BCUT2D eigenvalue weighted by Gasteiger charge is -2.29. The van der Waals surface area contributed by atoms with Gasteiger partial charge in [-0.1, -0.05) is 31.2 Å². The molecule has 3 rings (SSSR count). The van der Waals surface area contributed by atoms with Gasteiger partial charge in [0, 0.05) is 25.7 Å². The summed E-state index contributed by atoms with van der Waals surface area (Å²) in [5, 5.41) is 9.76. The standard InChI is InChI=1S/C21H28N2O4S/c1-3-22(17(2)19-7-5-8-20(24)15-19)16-18-6-4-9-21(14-18)28(25,26)23-10-12-27-13-11-23/h4-9,14-15,17,24H,3,10-13,16H2,1-2H3/t17-/m1/s1. The number of phenols is 1. The molecule has 1 saturated heterocycles. The fraction of sp³-hybridized carbons (Fsp3) is 0.429. The first-order valence-electron chi connectivity index (χ1n) is 9.61. The number of phenolic OH excluding ortho intramolecular Hbond substituents is 1. The molecule has 7 heteroatoms. The zero-order valence-corrected chi connectivity index (χ0v) is 17.2. The Balaban J connectivity index is 1.79. The van der Waals surface area contributed by atoms with Gasteiger partial charge in [0.15, 0.2) is 0 Å². The number of hydrogen-bond donors (Lipinski definition) is 1. The van der Waals surface area contributed by atoms with Crippen molar-refractivity contribution in [3.05, 3.63) is 59.7 Å². The van der Waals surface area contributed by atoms with Crippen LogP contribution in [0.1, 0.15) is 31.0 Å². The normalized spacial score (nSPS) is 17.0. The summed E-state index contributed by atoms with van der Waals surface area (Å²) in [6, 6.07) is 14.5. The lowest BCUT2D eigenvalue weighted by Crippen LogP contribution is -2.40. The van der Waals surface area contributed by atoms with E-state index in [9.17, 15) is 13.5 Å². The highest BCUT2D eigenvalue weighted by Gasteiger charge is 2.26. The summed E-state index contributed by atoms with van der Waals surface area (Å²) in [7, 11) is -3.50. The maximum atomic E-state index is 12.9. The van der Waals surface area contributed by atoms with E-state index in [0.717, 1.165) is 17.7 Å². The van der Waals surface area contributed by atoms with Crippen molar-refractivity contribution in [1.82, 2.24) is 9.21 Å². The molecule has 6 nitrogen and oxygen atoms in total. The monoisotopic (exact) mass is 404 g/mol. The van der Waals surface area contributed by atoms with E-state index in [2.05, 4.69) is 18.7 Å². The first-order valence-corrected chi connectivity index (χ1v) is 11.1. The molecule has 0 unspecified atom stereocenters. The molecule has 1 aliphatic rings. The molecule has 1 heterocycles. The van der Waals surface area contributed by atoms with Crippen molar-refractivity contribution in [2.45, 2.75) is 31.3 Å². The van der Waals surface area contributed by atoms with Crippen molar-refractivity contribution in [3.63, 3.8) is 0 Å². The van der Waals surface area contributed by atoms with Crippen molar-refractivity contribution in [2.24, 2.45) is 0 Å². The largest absolute Gasteiger partial charge is 0.508 e. The number of benzene rings is 2. The van der Waals surface area contributed by atoms with Crippen LogP contribution in [0.3, 0.4) is 0 Å². The molecule has 0 aromatic heterocycles. The Hall–Kier alpha value is -1.93. The van der Waals surface area contributed by atoms with Crippen LogP contribution in [0.2, 0.25) is 0 Å². The second kappa shape index (κ2) is 9.05. The van der Waals surface area contributed by atoms with E-state index in [-0.39, 0.29) is 11.8 Å². The maximum Gasteiger partial charge on any atom is 0.243 e. The summed E-state index contributed by atoms with van der Waals surface area (Å²) < 4.78 is 32.6. The molecule has 1 aliphatic heterocycles. The van der Waals surface area contributed by atoms with Crippen molar-refractivity contribution < 1.29 is 18.3 Å². The van der Waals surface area contributed by atoms with Crippen molar-refractivity contribution >= 4 is 10.0 Å². The number of aromatic hydroxyl groups is 1. The van der Waals surface area contributed by atoms with Crippen LogP contribution in [-0.4, -0.2) is 55.6 Å². The molecular formula is C21H28N2O4S. The highest BCUT2D eigenvalue weighted by Crippen LogP contribution is 2.26. The molecular weight excluding hydrogens is 376 g/mol. The second-order valence-electron chi connectivity index (χ2n) is 7.00. The highest BCUT2D eigenvalue weighted by molar-refractivity contribution is 7.89. The third kappa shape index (κ3) is 4.72. The fourth-order valence-electron chi connectivity index (χ4n) is 3.49. The Labute approximate surface area is 167 Å². The summed E-state index contributed by atoms with van der Waals surface area (Å²) in [6.07, 6.45) is 0. The molecule has 152 valence electrons. The zero-order valence-electron chi connectivity index (χ0n) is 16.4. The molecule has 1 fully saturated rings. The minimum Gasteiger partial charge on any atom is -0.508 e. The number of nitrogens with zero attached hydrogens (tertiary/aromatic N) is 2. The van der Waals surface area contributed by atoms with Gasteiger partial charge >= 0.3 is 0 Å². The van der Waals surface area contributed by atoms with Gasteiger partial charge < -0.3 is 9.84 Å². The molecule has 0 radical (unpaired) electrons. The Bertz CT molecular complexity index is 895. The lowest BCUT2D eigenvalue weighted by atomic mass is 10.1. The van der Waals surface area contributed by atoms with Gasteiger partial charge in [-0.15, -0.1) is 0 Å². The first-order chi connectivity index (χ1) is 13.4. The molecule has 2 aromatic carbocycles. The molecule has 1 atom stereocenters. The van der Waals surface area contributed by atoms with Gasteiger partial charge in [0.2, 0.25) is 10.0 Å². The average Bonchev–Trinajstić information content (AvgIpc) is 2.72. The summed E-state index contributed by atoms with van der Waals surface area (Å²) in [5.74, 6) is 0.249. The smallest absolute Gasteiger partial charge is 0.243 e. The molecule has 0 aliphatic carbocycles. The van der Waals surface area contributed by atoms with Crippen LogP contribution in [0.25, 0.3) is 0 Å². The summed E-state index contributed by atoms with van der Waals surface area (Å²) in [4.78, 5) is 2.57. The van der Waals surface area contributed by atoms with Crippen LogP contribution in [0, 0.1) is 0 Å². The maximum absolute atomic E-state index is 12.9. The molecule has 1 N–H and O–H groups in total. The third-order valence-electron chi connectivity index (χ3n) is 5.20. The number of ether oxygens (including phenoxy) is 1. The highest BCUT2D eigenvalue weighted by atomic mass is 32.2. The molecule has 0 bridgehead atoms. The summed E-state index contributed by atoms with van der Waals surface area (Å²) in [6.45, 7) is 7.25. The first kappa shape index (κ1) is 20.8. The van der Waals surface area contributed by atoms with Gasteiger partial charge in [-0.05, 0) is 48.9 Å². The van der Waals surface area contributed by atoms with Crippen LogP contribution in [0.15, 0.2) is 53.4 Å². The van der Waals surface area contributed by atoms with E-state index in [1.165, 1.54) is 4.31 Å². The minimum absolute atomic E-state index is 0.0941. The zero-order chi connectivity index (χ0) is 20.1. The van der Waals surface area contributed by atoms with Crippen LogP contribution < -0.4 is 0 Å². The predicted molar refractivity (Wildman–Crippen MR) is 109 cm³/mol. The van der Waals surface area contributed by atoms with E-state index >= 15 is 0 Å². The average molecular weight is 405 g/mol. The van der Waals surface area contributed by atoms with Crippen molar-refractivity contribution in [1.29, 1.82) is 0 Å². The van der Waals surface area contributed by atoms with Crippen LogP contribution >= 0.6 is 0 Å². The third-order valence-corrected chi connectivity index (χ3v) is 7.09. The molecule has 0 saturated carbocycles. The Morgan fingerprint density at radius 1 is 1.14 bits per heavy atom. The fourth-order valence-corrected chi connectivity index (χ4v) is 4.97. The quantitative estimate of drug-likeness (QED) is 0.768. The van der Waals surface area contributed by atoms with E-state index in [1.807, 2.05) is 18.2 Å². The topological polar surface area (TPSA) is 70.1 Å². The predicted octanol–water partition coefficient (Wildman–Crippen LogP) is 3.00. The van der Waals surface area contributed by atoms with Gasteiger partial charge in [-0.3, -0.25) is 4.90 Å². The molecule has 28 heavy (non-hydrogen) atoms. The van der Waals surface area contributed by atoms with Crippen LogP contribution in [0.5, 0.6) is 5.75 Å². The van der Waals surface area contributed by atoms with Crippen molar-refractivity contribution in [3.8, 4) is 5.75 Å². The summed E-state index contributed by atoms with van der Waals surface area (Å²) >= 11 is 0. The molecule has 0 amide bonds. The van der Waals surface area contributed by atoms with E-state index in [1.54, 1.807) is 30.3 Å². The summed E-state index contributed by atoms with van der Waals surface area (Å²) in [5.41, 5.74) is 1.97. The Morgan fingerprint density at radius 3 is 2.54 bits per heavy atom. The van der Waals surface area contributed by atoms with Crippen molar-refractivity contribution in [2.75, 3.05) is 32.8 Å². The van der Waals surface area contributed by atoms with Crippen LogP contribution in [0.4, 0.5) is 0 Å². The number of rotatable bonds is 7. The van der Waals surface area contributed by atoms with E-state index in [0.29, 0.717) is 37.7 Å². The second-order valence-corrected chi connectivity index (χ2v) is 8.94. The van der Waals surface area contributed by atoms with E-state index < -0.39 is 10.0 Å². The Morgan fingerprint density at radius 2 is 1.86 bits per heavy atom. The van der Waals surface area contributed by atoms with Gasteiger partial charge in [0.1, 0.15) is 5.75 Å². The number of hydrogen-bond acceptors (Lipinski definition) is 5.